The van der Waals surface area contributed by atoms with Gasteiger partial charge >= 0.3 is 0 Å². The van der Waals surface area contributed by atoms with Crippen molar-refractivity contribution in [3.05, 3.63) is 42.0 Å². The molecular formula is C17H19N3. The van der Waals surface area contributed by atoms with Crippen LogP contribution in [0.1, 0.15) is 18.4 Å². The molecule has 0 saturated carbocycles. The number of anilines is 1. The molecule has 2 aromatic rings. The van der Waals surface area contributed by atoms with E-state index in [1.807, 2.05) is 24.3 Å². The number of nitrogens with zero attached hydrogens (tertiary/aromatic N) is 2. The number of benzene rings is 2. The van der Waals surface area contributed by atoms with Gasteiger partial charge in [0.15, 0.2) is 0 Å². The van der Waals surface area contributed by atoms with E-state index in [4.69, 9.17) is 0 Å². The number of piperidine rings is 1. The highest BCUT2D eigenvalue weighted by atomic mass is 15.2. The van der Waals surface area contributed by atoms with Gasteiger partial charge in [-0.25, -0.2) is 0 Å². The van der Waals surface area contributed by atoms with Crippen LogP contribution in [0, 0.1) is 11.3 Å². The summed E-state index contributed by atoms with van der Waals surface area (Å²) >= 11 is 0. The monoisotopic (exact) mass is 265 g/mol. The van der Waals surface area contributed by atoms with Crippen molar-refractivity contribution in [2.45, 2.75) is 18.9 Å². The molecule has 0 spiro atoms. The summed E-state index contributed by atoms with van der Waals surface area (Å²) in [6.07, 6.45) is 2.45. The van der Waals surface area contributed by atoms with Gasteiger partial charge in [-0.15, -0.1) is 0 Å². The highest BCUT2D eigenvalue weighted by Gasteiger charge is 2.19. The van der Waals surface area contributed by atoms with Crippen LogP contribution in [-0.4, -0.2) is 26.2 Å². The summed E-state index contributed by atoms with van der Waals surface area (Å²) in [7, 11) is 2.16. The van der Waals surface area contributed by atoms with Gasteiger partial charge in [0.1, 0.15) is 0 Å². The van der Waals surface area contributed by atoms with Crippen molar-refractivity contribution in [2.75, 3.05) is 25.0 Å². The Morgan fingerprint density at radius 2 is 2.00 bits per heavy atom. The fourth-order valence-corrected chi connectivity index (χ4v) is 3.05. The molecule has 0 aromatic heterocycles. The van der Waals surface area contributed by atoms with E-state index in [2.05, 4.69) is 35.5 Å². The Bertz CT molecular complexity index is 651. The maximum absolute atomic E-state index is 9.24. The summed E-state index contributed by atoms with van der Waals surface area (Å²) in [6, 6.07) is 15.0. The van der Waals surface area contributed by atoms with E-state index in [1.165, 1.54) is 23.9 Å². The number of rotatable bonds is 2. The molecule has 3 heteroatoms. The highest BCUT2D eigenvalue weighted by molar-refractivity contribution is 5.97. The molecule has 1 aliphatic rings. The quantitative estimate of drug-likeness (QED) is 0.907. The first-order chi connectivity index (χ1) is 9.81. The lowest BCUT2D eigenvalue weighted by molar-refractivity contribution is 0.445. The molecule has 1 atom stereocenters. The number of nitriles is 1. The molecule has 1 saturated heterocycles. The Morgan fingerprint density at radius 3 is 2.70 bits per heavy atom. The smallest absolute Gasteiger partial charge is 0.0998 e. The molecule has 0 amide bonds. The summed E-state index contributed by atoms with van der Waals surface area (Å²) < 4.78 is 0. The molecule has 1 unspecified atom stereocenters. The standard InChI is InChI=1S/C17H19N3/c1-20(14-5-4-10-19-12-14)17-9-8-13(11-18)15-6-2-3-7-16(15)17/h2-3,6-9,14,19H,4-5,10,12H2,1H3. The molecule has 2 aromatic carbocycles. The first-order valence-corrected chi connectivity index (χ1v) is 7.16. The van der Waals surface area contributed by atoms with Crippen LogP contribution < -0.4 is 10.2 Å². The van der Waals surface area contributed by atoms with Crippen molar-refractivity contribution in [3.8, 4) is 6.07 Å². The van der Waals surface area contributed by atoms with Gasteiger partial charge in [-0.3, -0.25) is 0 Å². The SMILES string of the molecule is CN(c1ccc(C#N)c2ccccc12)C1CCCNC1. The molecule has 1 aliphatic heterocycles. The molecule has 1 N–H and O–H groups in total. The van der Waals surface area contributed by atoms with Gasteiger partial charge in [0.05, 0.1) is 11.6 Å². The van der Waals surface area contributed by atoms with Crippen LogP contribution in [0.3, 0.4) is 0 Å². The van der Waals surface area contributed by atoms with E-state index in [-0.39, 0.29) is 0 Å². The zero-order chi connectivity index (χ0) is 13.9. The van der Waals surface area contributed by atoms with Crippen LogP contribution >= 0.6 is 0 Å². The summed E-state index contributed by atoms with van der Waals surface area (Å²) in [5.74, 6) is 0. The average molecular weight is 265 g/mol. The van der Waals surface area contributed by atoms with Gasteiger partial charge in [0.25, 0.3) is 0 Å². The van der Waals surface area contributed by atoms with Crippen LogP contribution in [0.4, 0.5) is 5.69 Å². The van der Waals surface area contributed by atoms with E-state index >= 15 is 0 Å². The third-order valence-electron chi connectivity index (χ3n) is 4.22. The van der Waals surface area contributed by atoms with Gasteiger partial charge in [0, 0.05) is 36.1 Å². The normalized spacial score (nSPS) is 18.7. The Balaban J connectivity index is 2.05. The van der Waals surface area contributed by atoms with Gasteiger partial charge in [0.2, 0.25) is 0 Å². The summed E-state index contributed by atoms with van der Waals surface area (Å²) in [4.78, 5) is 2.36. The minimum absolute atomic E-state index is 0.528. The van der Waals surface area contributed by atoms with E-state index in [9.17, 15) is 5.26 Å². The van der Waals surface area contributed by atoms with Gasteiger partial charge in [-0.05, 0) is 31.5 Å². The van der Waals surface area contributed by atoms with Gasteiger partial charge < -0.3 is 10.2 Å². The van der Waals surface area contributed by atoms with Gasteiger partial charge in [-0.2, -0.15) is 5.26 Å². The molecule has 1 fully saturated rings. The number of hydrogen-bond acceptors (Lipinski definition) is 3. The molecule has 0 aliphatic carbocycles. The minimum atomic E-state index is 0.528. The predicted molar refractivity (Wildman–Crippen MR) is 83.0 cm³/mol. The lowest BCUT2D eigenvalue weighted by atomic mass is 10.0. The fraction of sp³-hybridized carbons (Fsp3) is 0.353. The lowest BCUT2D eigenvalue weighted by Gasteiger charge is -2.34. The van der Waals surface area contributed by atoms with E-state index < -0.39 is 0 Å². The van der Waals surface area contributed by atoms with Crippen molar-refractivity contribution in [3.63, 3.8) is 0 Å². The van der Waals surface area contributed by atoms with Crippen molar-refractivity contribution >= 4 is 16.5 Å². The third-order valence-corrected chi connectivity index (χ3v) is 4.22. The van der Waals surface area contributed by atoms with Crippen LogP contribution in [0.25, 0.3) is 10.8 Å². The zero-order valence-corrected chi connectivity index (χ0v) is 11.8. The Morgan fingerprint density at radius 1 is 1.20 bits per heavy atom. The van der Waals surface area contributed by atoms with Crippen molar-refractivity contribution in [1.82, 2.24) is 5.32 Å². The van der Waals surface area contributed by atoms with Crippen LogP contribution in [0.15, 0.2) is 36.4 Å². The van der Waals surface area contributed by atoms with Crippen LogP contribution in [0.5, 0.6) is 0 Å². The molecule has 102 valence electrons. The maximum Gasteiger partial charge on any atom is 0.0998 e. The third kappa shape index (κ3) is 2.23. The molecule has 0 radical (unpaired) electrons. The van der Waals surface area contributed by atoms with Crippen molar-refractivity contribution in [1.29, 1.82) is 5.26 Å². The number of nitrogens with one attached hydrogen (secondary N) is 1. The topological polar surface area (TPSA) is 39.1 Å². The molecule has 3 nitrogen and oxygen atoms in total. The predicted octanol–water partition coefficient (Wildman–Crippen LogP) is 2.90. The maximum atomic E-state index is 9.24. The van der Waals surface area contributed by atoms with E-state index in [0.29, 0.717) is 6.04 Å². The summed E-state index contributed by atoms with van der Waals surface area (Å²) in [5.41, 5.74) is 1.97. The number of fused-ring (bicyclic) bond motifs is 1. The number of likely N-dealkylation sites (N-methyl/N-ethyl adjacent to an activating group) is 1. The second-order valence-electron chi connectivity index (χ2n) is 5.40. The molecule has 1 heterocycles. The van der Waals surface area contributed by atoms with Crippen LogP contribution in [-0.2, 0) is 0 Å². The average Bonchev–Trinajstić information content (AvgIpc) is 2.54. The Hall–Kier alpha value is -2.05. The first-order valence-electron chi connectivity index (χ1n) is 7.16. The Labute approximate surface area is 119 Å². The zero-order valence-electron chi connectivity index (χ0n) is 11.8. The number of hydrogen-bond donors (Lipinski definition) is 1. The lowest BCUT2D eigenvalue weighted by Crippen LogP contribution is -2.44. The highest BCUT2D eigenvalue weighted by Crippen LogP contribution is 2.30. The molecule has 20 heavy (non-hydrogen) atoms. The van der Waals surface area contributed by atoms with Gasteiger partial charge in [-0.1, -0.05) is 24.3 Å². The van der Waals surface area contributed by atoms with E-state index in [0.717, 1.165) is 24.0 Å². The Kier molecular flexibility index (Phi) is 3.58. The van der Waals surface area contributed by atoms with E-state index in [1.54, 1.807) is 0 Å². The van der Waals surface area contributed by atoms with Crippen molar-refractivity contribution in [2.24, 2.45) is 0 Å². The first kappa shape index (κ1) is 13.0. The molecule has 3 rings (SSSR count). The minimum Gasteiger partial charge on any atom is -0.370 e. The summed E-state index contributed by atoms with van der Waals surface area (Å²) in [6.45, 7) is 2.16. The largest absolute Gasteiger partial charge is 0.370 e. The van der Waals surface area contributed by atoms with Crippen molar-refractivity contribution < 1.29 is 0 Å². The molecule has 0 bridgehead atoms. The second kappa shape index (κ2) is 5.52. The van der Waals surface area contributed by atoms with Crippen LogP contribution in [0.2, 0.25) is 0 Å². The second-order valence-corrected chi connectivity index (χ2v) is 5.40. The molecular weight excluding hydrogens is 246 g/mol. The fourth-order valence-electron chi connectivity index (χ4n) is 3.05. The summed E-state index contributed by atoms with van der Waals surface area (Å²) in [5, 5.41) is 14.9.